The molecule has 1 atom stereocenters. The van der Waals surface area contributed by atoms with Crippen LogP contribution in [0.1, 0.15) is 30.6 Å². The molecule has 5 nitrogen and oxygen atoms in total. The average molecular weight is 285 g/mol. The van der Waals surface area contributed by atoms with Crippen molar-refractivity contribution in [3.05, 3.63) is 28.8 Å². The number of rotatable bonds is 6. The third-order valence-corrected chi connectivity index (χ3v) is 3.29. The number of carbonyl (C=O) groups excluding carboxylic acids is 1. The van der Waals surface area contributed by atoms with E-state index in [1.165, 1.54) is 0 Å². The van der Waals surface area contributed by atoms with E-state index >= 15 is 0 Å². The molecule has 1 rings (SSSR count). The molecule has 0 bridgehead atoms. The Morgan fingerprint density at radius 2 is 2.11 bits per heavy atom. The average Bonchev–Trinajstić information content (AvgIpc) is 2.34. The molecule has 19 heavy (non-hydrogen) atoms. The molecule has 0 saturated carbocycles. The predicted molar refractivity (Wildman–Crippen MR) is 74.7 cm³/mol. The zero-order valence-corrected chi connectivity index (χ0v) is 11.6. The van der Waals surface area contributed by atoms with Crippen molar-refractivity contribution in [2.75, 3.05) is 11.4 Å². The molecule has 3 N–H and O–H groups in total. The number of carboxylic acids is 1. The van der Waals surface area contributed by atoms with Crippen molar-refractivity contribution in [2.45, 2.75) is 26.3 Å². The second-order valence-electron chi connectivity index (χ2n) is 4.28. The van der Waals surface area contributed by atoms with Crippen molar-refractivity contribution in [3.63, 3.8) is 0 Å². The maximum atomic E-state index is 11.5. The summed E-state index contributed by atoms with van der Waals surface area (Å²) >= 11 is 5.98. The lowest BCUT2D eigenvalue weighted by Crippen LogP contribution is -2.38. The smallest absolute Gasteiger partial charge is 0.323 e. The Balaban J connectivity index is 3.33. The Hall–Kier alpha value is -1.75. The normalized spacial score (nSPS) is 11.9. The van der Waals surface area contributed by atoms with Gasteiger partial charge in [0.15, 0.2) is 0 Å². The highest BCUT2D eigenvalue weighted by atomic mass is 35.5. The summed E-state index contributed by atoms with van der Waals surface area (Å²) in [6.07, 6.45) is 0.734. The fourth-order valence-electron chi connectivity index (χ4n) is 1.84. The molecule has 0 aliphatic rings. The fourth-order valence-corrected chi connectivity index (χ4v) is 2.10. The van der Waals surface area contributed by atoms with Crippen molar-refractivity contribution in [1.29, 1.82) is 0 Å². The quantitative estimate of drug-likeness (QED) is 0.838. The van der Waals surface area contributed by atoms with E-state index < -0.39 is 11.9 Å². The lowest BCUT2D eigenvalue weighted by Gasteiger charge is -2.30. The first-order valence-corrected chi connectivity index (χ1v) is 6.33. The van der Waals surface area contributed by atoms with E-state index in [0.717, 1.165) is 6.42 Å². The number of benzene rings is 1. The number of nitrogens with zero attached hydrogens (tertiary/aromatic N) is 1. The summed E-state index contributed by atoms with van der Waals surface area (Å²) < 4.78 is 0. The standard InChI is InChI=1S/C13H17ClN2O3/c1-3-8(2)16(7-11(17)18)10-6-4-5-9(14)12(10)13(15)19/h4-6,8H,3,7H2,1-2H3,(H2,15,19)(H,17,18). The summed E-state index contributed by atoms with van der Waals surface area (Å²) in [7, 11) is 0. The summed E-state index contributed by atoms with van der Waals surface area (Å²) in [6.45, 7) is 3.61. The van der Waals surface area contributed by atoms with E-state index in [9.17, 15) is 9.59 Å². The van der Waals surface area contributed by atoms with Crippen LogP contribution in [0.4, 0.5) is 5.69 Å². The van der Waals surface area contributed by atoms with E-state index in [4.69, 9.17) is 22.4 Å². The molecular formula is C13H17ClN2O3. The van der Waals surface area contributed by atoms with Crippen LogP contribution in [0.2, 0.25) is 5.02 Å². The number of primary amides is 1. The van der Waals surface area contributed by atoms with Crippen LogP contribution >= 0.6 is 11.6 Å². The van der Waals surface area contributed by atoms with Gasteiger partial charge in [-0.15, -0.1) is 0 Å². The summed E-state index contributed by atoms with van der Waals surface area (Å²) in [5.41, 5.74) is 5.94. The minimum Gasteiger partial charge on any atom is -0.480 e. The van der Waals surface area contributed by atoms with Crippen LogP contribution in [-0.2, 0) is 4.79 Å². The third kappa shape index (κ3) is 3.61. The van der Waals surface area contributed by atoms with Gasteiger partial charge in [-0.1, -0.05) is 24.6 Å². The Kier molecular flexibility index (Phi) is 5.18. The van der Waals surface area contributed by atoms with E-state index in [0.29, 0.717) is 5.69 Å². The van der Waals surface area contributed by atoms with E-state index in [1.54, 1.807) is 23.1 Å². The molecule has 1 unspecified atom stereocenters. The lowest BCUT2D eigenvalue weighted by molar-refractivity contribution is -0.135. The molecule has 0 fully saturated rings. The maximum Gasteiger partial charge on any atom is 0.323 e. The summed E-state index contributed by atoms with van der Waals surface area (Å²) in [6, 6.07) is 4.83. The van der Waals surface area contributed by atoms with Crippen molar-refractivity contribution >= 4 is 29.2 Å². The van der Waals surface area contributed by atoms with Crippen molar-refractivity contribution in [1.82, 2.24) is 0 Å². The zero-order chi connectivity index (χ0) is 14.6. The SMILES string of the molecule is CCC(C)N(CC(=O)O)c1cccc(Cl)c1C(N)=O. The van der Waals surface area contributed by atoms with Gasteiger partial charge in [-0.2, -0.15) is 0 Å². The van der Waals surface area contributed by atoms with Crippen LogP contribution in [-0.4, -0.2) is 29.6 Å². The number of carboxylic acid groups (broad SMARTS) is 1. The highest BCUT2D eigenvalue weighted by Gasteiger charge is 2.22. The number of amides is 1. The van der Waals surface area contributed by atoms with Crippen molar-refractivity contribution < 1.29 is 14.7 Å². The number of hydrogen-bond acceptors (Lipinski definition) is 3. The predicted octanol–water partition coefficient (Wildman–Crippen LogP) is 2.13. The number of anilines is 1. The minimum absolute atomic E-state index is 0.0485. The van der Waals surface area contributed by atoms with Crippen LogP contribution in [0, 0.1) is 0 Å². The maximum absolute atomic E-state index is 11.5. The Morgan fingerprint density at radius 3 is 2.58 bits per heavy atom. The molecule has 1 aromatic rings. The van der Waals surface area contributed by atoms with Gasteiger partial charge in [0, 0.05) is 6.04 Å². The minimum atomic E-state index is -0.976. The molecule has 0 aromatic heterocycles. The van der Waals surface area contributed by atoms with Gasteiger partial charge < -0.3 is 15.7 Å². The lowest BCUT2D eigenvalue weighted by atomic mass is 10.1. The first-order chi connectivity index (χ1) is 8.88. The molecule has 0 heterocycles. The topological polar surface area (TPSA) is 83.6 Å². The third-order valence-electron chi connectivity index (χ3n) is 2.98. The second-order valence-corrected chi connectivity index (χ2v) is 4.68. The number of hydrogen-bond donors (Lipinski definition) is 2. The first-order valence-electron chi connectivity index (χ1n) is 5.95. The van der Waals surface area contributed by atoms with Crippen LogP contribution in [0.15, 0.2) is 18.2 Å². The molecule has 0 radical (unpaired) electrons. The van der Waals surface area contributed by atoms with E-state index in [-0.39, 0.29) is 23.2 Å². The van der Waals surface area contributed by atoms with Crippen molar-refractivity contribution in [2.24, 2.45) is 5.73 Å². The number of carbonyl (C=O) groups is 2. The van der Waals surface area contributed by atoms with Crippen LogP contribution in [0.5, 0.6) is 0 Å². The largest absolute Gasteiger partial charge is 0.480 e. The van der Waals surface area contributed by atoms with Gasteiger partial charge in [-0.25, -0.2) is 0 Å². The van der Waals surface area contributed by atoms with Crippen LogP contribution < -0.4 is 10.6 Å². The van der Waals surface area contributed by atoms with Gasteiger partial charge in [0.25, 0.3) is 5.91 Å². The van der Waals surface area contributed by atoms with Crippen LogP contribution in [0.25, 0.3) is 0 Å². The first kappa shape index (κ1) is 15.3. The van der Waals surface area contributed by atoms with Gasteiger partial charge in [0.1, 0.15) is 6.54 Å². The van der Waals surface area contributed by atoms with E-state index in [1.807, 2.05) is 13.8 Å². The molecule has 0 aliphatic heterocycles. The molecule has 1 aromatic carbocycles. The van der Waals surface area contributed by atoms with Crippen molar-refractivity contribution in [3.8, 4) is 0 Å². The highest BCUT2D eigenvalue weighted by Crippen LogP contribution is 2.29. The monoisotopic (exact) mass is 284 g/mol. The number of nitrogens with two attached hydrogens (primary N) is 1. The zero-order valence-electron chi connectivity index (χ0n) is 10.9. The molecule has 104 valence electrons. The number of halogens is 1. The Bertz CT molecular complexity index is 491. The fraction of sp³-hybridized carbons (Fsp3) is 0.385. The van der Waals surface area contributed by atoms with Gasteiger partial charge in [0.2, 0.25) is 0 Å². The molecule has 6 heteroatoms. The summed E-state index contributed by atoms with van der Waals surface area (Å²) in [4.78, 5) is 24.1. The number of aliphatic carboxylic acids is 1. The van der Waals surface area contributed by atoms with Gasteiger partial charge in [0.05, 0.1) is 16.3 Å². The second kappa shape index (κ2) is 6.43. The molecule has 0 spiro atoms. The van der Waals surface area contributed by atoms with Crippen LogP contribution in [0.3, 0.4) is 0 Å². The van der Waals surface area contributed by atoms with Gasteiger partial charge >= 0.3 is 5.97 Å². The molecule has 1 amide bonds. The Morgan fingerprint density at radius 1 is 1.47 bits per heavy atom. The summed E-state index contributed by atoms with van der Waals surface area (Å²) in [5, 5.41) is 9.22. The highest BCUT2D eigenvalue weighted by molar-refractivity contribution is 6.34. The van der Waals surface area contributed by atoms with Gasteiger partial charge in [-0.05, 0) is 25.5 Å². The summed E-state index contributed by atoms with van der Waals surface area (Å²) in [5.74, 6) is -1.64. The molecule has 0 aliphatic carbocycles. The van der Waals surface area contributed by atoms with E-state index in [2.05, 4.69) is 0 Å². The van der Waals surface area contributed by atoms with Gasteiger partial charge in [-0.3, -0.25) is 9.59 Å². The molecule has 0 saturated heterocycles. The Labute approximate surface area is 117 Å². The molecular weight excluding hydrogens is 268 g/mol.